The second-order valence-electron chi connectivity index (χ2n) is 5.95. The molecule has 1 amide bonds. The van der Waals surface area contributed by atoms with Crippen LogP contribution in [0.4, 0.5) is 0 Å². The Hall–Kier alpha value is -2.74. The zero-order chi connectivity index (χ0) is 21.2. The van der Waals surface area contributed by atoms with Gasteiger partial charge >= 0.3 is 5.97 Å². The molecule has 0 radical (unpaired) electrons. The number of benzene rings is 2. The first-order valence-electron chi connectivity index (χ1n) is 9.05. The summed E-state index contributed by atoms with van der Waals surface area (Å²) in [6, 6.07) is 10.7. The van der Waals surface area contributed by atoms with Crippen LogP contribution in [0, 0.1) is 0 Å². The summed E-state index contributed by atoms with van der Waals surface area (Å²) < 4.78 is 21.5. The highest BCUT2D eigenvalue weighted by Gasteiger charge is 2.17. The van der Waals surface area contributed by atoms with E-state index in [4.69, 9.17) is 18.9 Å². The van der Waals surface area contributed by atoms with Gasteiger partial charge in [0.05, 0.1) is 30.9 Å². The number of hydrogen-bond donors (Lipinski definition) is 1. The standard InChI is InChI=1S/C21H24BrNO6/c1-4-28-20-17(22)11-15(12-18(20)27-3)21(25)29-13-19(24)23-10-9-14-5-7-16(26-2)8-6-14/h5-8,11-12H,4,9-10,13H2,1-3H3,(H,23,24). The lowest BCUT2D eigenvalue weighted by atomic mass is 10.1. The molecule has 0 aliphatic rings. The van der Waals surface area contributed by atoms with Crippen molar-refractivity contribution in [1.82, 2.24) is 5.32 Å². The van der Waals surface area contributed by atoms with Crippen LogP contribution in [-0.4, -0.2) is 45.9 Å². The third-order valence-corrected chi connectivity index (χ3v) is 4.57. The average molecular weight is 466 g/mol. The second-order valence-corrected chi connectivity index (χ2v) is 6.80. The van der Waals surface area contributed by atoms with Gasteiger partial charge in [0.2, 0.25) is 0 Å². The molecule has 0 atom stereocenters. The van der Waals surface area contributed by atoms with Crippen molar-refractivity contribution in [2.75, 3.05) is 34.0 Å². The summed E-state index contributed by atoms with van der Waals surface area (Å²) in [6.07, 6.45) is 0.659. The van der Waals surface area contributed by atoms with Gasteiger partial charge in [-0.3, -0.25) is 4.79 Å². The minimum Gasteiger partial charge on any atom is -0.497 e. The monoisotopic (exact) mass is 465 g/mol. The molecule has 0 heterocycles. The van der Waals surface area contributed by atoms with Gasteiger partial charge < -0.3 is 24.3 Å². The molecule has 8 heteroatoms. The van der Waals surface area contributed by atoms with E-state index in [-0.39, 0.29) is 18.1 Å². The molecule has 0 aliphatic carbocycles. The van der Waals surface area contributed by atoms with Crippen molar-refractivity contribution in [1.29, 1.82) is 0 Å². The van der Waals surface area contributed by atoms with Crippen molar-refractivity contribution in [2.24, 2.45) is 0 Å². The molecule has 2 aromatic rings. The number of nitrogens with one attached hydrogen (secondary N) is 1. The Balaban J connectivity index is 1.83. The number of carbonyl (C=O) groups excluding carboxylic acids is 2. The molecule has 0 saturated heterocycles. The smallest absolute Gasteiger partial charge is 0.338 e. The fraction of sp³-hybridized carbons (Fsp3) is 0.333. The molecule has 29 heavy (non-hydrogen) atoms. The van der Waals surface area contributed by atoms with Gasteiger partial charge in [-0.1, -0.05) is 12.1 Å². The lowest BCUT2D eigenvalue weighted by Gasteiger charge is -2.13. The molecule has 156 valence electrons. The SMILES string of the molecule is CCOc1c(Br)cc(C(=O)OCC(=O)NCCc2ccc(OC)cc2)cc1OC. The maximum atomic E-state index is 12.3. The van der Waals surface area contributed by atoms with Crippen molar-refractivity contribution < 1.29 is 28.5 Å². The van der Waals surface area contributed by atoms with Crippen LogP contribution in [0.1, 0.15) is 22.8 Å². The predicted molar refractivity (Wildman–Crippen MR) is 112 cm³/mol. The van der Waals surface area contributed by atoms with Crippen LogP contribution in [0.25, 0.3) is 0 Å². The minimum absolute atomic E-state index is 0.253. The van der Waals surface area contributed by atoms with Crippen LogP contribution in [0.5, 0.6) is 17.2 Å². The van der Waals surface area contributed by atoms with E-state index in [0.29, 0.717) is 35.5 Å². The van der Waals surface area contributed by atoms with Gasteiger partial charge in [-0.15, -0.1) is 0 Å². The zero-order valence-corrected chi connectivity index (χ0v) is 18.2. The van der Waals surface area contributed by atoms with E-state index in [9.17, 15) is 9.59 Å². The van der Waals surface area contributed by atoms with Crippen LogP contribution >= 0.6 is 15.9 Å². The number of amides is 1. The number of halogens is 1. The number of carbonyl (C=O) groups is 2. The Morgan fingerprint density at radius 1 is 1.07 bits per heavy atom. The van der Waals surface area contributed by atoms with E-state index in [1.54, 1.807) is 13.2 Å². The lowest BCUT2D eigenvalue weighted by molar-refractivity contribution is -0.124. The fourth-order valence-electron chi connectivity index (χ4n) is 2.53. The average Bonchev–Trinajstić information content (AvgIpc) is 2.73. The van der Waals surface area contributed by atoms with E-state index in [1.807, 2.05) is 31.2 Å². The first-order chi connectivity index (χ1) is 14.0. The number of rotatable bonds is 10. The molecule has 1 N–H and O–H groups in total. The quantitative estimate of drug-likeness (QED) is 0.541. The van der Waals surface area contributed by atoms with E-state index >= 15 is 0 Å². The number of methoxy groups -OCH3 is 2. The van der Waals surface area contributed by atoms with Crippen LogP contribution in [0.3, 0.4) is 0 Å². The highest BCUT2D eigenvalue weighted by molar-refractivity contribution is 9.10. The summed E-state index contributed by atoms with van der Waals surface area (Å²) in [5, 5.41) is 2.72. The summed E-state index contributed by atoms with van der Waals surface area (Å²) in [5.41, 5.74) is 1.32. The van der Waals surface area contributed by atoms with Gasteiger partial charge in [-0.2, -0.15) is 0 Å². The summed E-state index contributed by atoms with van der Waals surface area (Å²) >= 11 is 3.35. The minimum atomic E-state index is -0.627. The van der Waals surface area contributed by atoms with Gasteiger partial charge in [0, 0.05) is 6.54 Å². The Labute approximate surface area is 178 Å². The summed E-state index contributed by atoms with van der Waals surface area (Å²) in [7, 11) is 3.09. The lowest BCUT2D eigenvalue weighted by Crippen LogP contribution is -2.30. The normalized spacial score (nSPS) is 10.2. The summed E-state index contributed by atoms with van der Waals surface area (Å²) in [5.74, 6) is 0.684. The maximum absolute atomic E-state index is 12.3. The Kier molecular flexibility index (Phi) is 8.79. The van der Waals surface area contributed by atoms with Crippen LogP contribution < -0.4 is 19.5 Å². The highest BCUT2D eigenvalue weighted by Crippen LogP contribution is 2.36. The number of ether oxygens (including phenoxy) is 4. The van der Waals surface area contributed by atoms with Crippen LogP contribution in [0.2, 0.25) is 0 Å². The van der Waals surface area contributed by atoms with Gasteiger partial charge in [0.1, 0.15) is 5.75 Å². The Bertz CT molecular complexity index is 838. The first-order valence-corrected chi connectivity index (χ1v) is 9.84. The van der Waals surface area contributed by atoms with Gasteiger partial charge in [-0.25, -0.2) is 4.79 Å². The van der Waals surface area contributed by atoms with Crippen molar-refractivity contribution >= 4 is 27.8 Å². The van der Waals surface area contributed by atoms with Crippen molar-refractivity contribution in [3.63, 3.8) is 0 Å². The molecule has 0 saturated carbocycles. The fourth-order valence-corrected chi connectivity index (χ4v) is 3.08. The maximum Gasteiger partial charge on any atom is 0.338 e. The molecule has 0 fully saturated rings. The molecule has 7 nitrogen and oxygen atoms in total. The Morgan fingerprint density at radius 2 is 1.79 bits per heavy atom. The summed E-state index contributed by atoms with van der Waals surface area (Å²) in [4.78, 5) is 24.2. The zero-order valence-electron chi connectivity index (χ0n) is 16.6. The third-order valence-electron chi connectivity index (χ3n) is 3.98. The predicted octanol–water partition coefficient (Wildman–Crippen LogP) is 3.38. The third kappa shape index (κ3) is 6.67. The molecular weight excluding hydrogens is 442 g/mol. The first kappa shape index (κ1) is 22.5. The summed E-state index contributed by atoms with van der Waals surface area (Å²) in [6.45, 7) is 2.37. The molecule has 0 bridgehead atoms. The molecule has 0 aliphatic heterocycles. The van der Waals surface area contributed by atoms with Crippen molar-refractivity contribution in [2.45, 2.75) is 13.3 Å². The molecule has 0 spiro atoms. The van der Waals surface area contributed by atoms with Gasteiger partial charge in [0.25, 0.3) is 5.91 Å². The molecule has 0 aromatic heterocycles. The molecule has 2 rings (SSSR count). The molecule has 0 unspecified atom stereocenters. The highest BCUT2D eigenvalue weighted by atomic mass is 79.9. The van der Waals surface area contributed by atoms with Gasteiger partial charge in [-0.05, 0) is 59.1 Å². The van der Waals surface area contributed by atoms with Crippen molar-refractivity contribution in [3.05, 3.63) is 52.0 Å². The Morgan fingerprint density at radius 3 is 2.41 bits per heavy atom. The van der Waals surface area contributed by atoms with Crippen LogP contribution in [-0.2, 0) is 16.0 Å². The van der Waals surface area contributed by atoms with Crippen molar-refractivity contribution in [3.8, 4) is 17.2 Å². The number of esters is 1. The topological polar surface area (TPSA) is 83.1 Å². The van der Waals surface area contributed by atoms with E-state index in [2.05, 4.69) is 21.2 Å². The molecular formula is C21H24BrNO6. The van der Waals surface area contributed by atoms with E-state index in [0.717, 1.165) is 11.3 Å². The number of hydrogen-bond acceptors (Lipinski definition) is 6. The van der Waals surface area contributed by atoms with E-state index < -0.39 is 5.97 Å². The second kappa shape index (κ2) is 11.3. The molecule has 2 aromatic carbocycles. The van der Waals surface area contributed by atoms with Crippen LogP contribution in [0.15, 0.2) is 40.9 Å². The largest absolute Gasteiger partial charge is 0.497 e. The van der Waals surface area contributed by atoms with E-state index in [1.165, 1.54) is 13.2 Å². The van der Waals surface area contributed by atoms with Gasteiger partial charge in [0.15, 0.2) is 18.1 Å².